The molecule has 2 unspecified atom stereocenters. The number of aliphatic hydroxyl groups is 1. The van der Waals surface area contributed by atoms with Gasteiger partial charge in [0.25, 0.3) is 5.91 Å². The Morgan fingerprint density at radius 3 is 2.33 bits per heavy atom. The fourth-order valence-electron chi connectivity index (χ4n) is 3.46. The van der Waals surface area contributed by atoms with Crippen LogP contribution in [0.2, 0.25) is 10.0 Å². The number of phenolic OH excluding ortho intramolecular Hbond substituents is 1. The van der Waals surface area contributed by atoms with Gasteiger partial charge in [-0.05, 0) is 31.9 Å². The summed E-state index contributed by atoms with van der Waals surface area (Å²) in [6.45, 7) is -0.718. The number of carbonyl (C=O) groups excluding carboxylic acids is 2. The number of benzene rings is 1. The number of piperidine rings is 1. The number of nitrogens with one attached hydrogen (secondary N) is 1. The van der Waals surface area contributed by atoms with E-state index in [2.05, 4.69) is 10.1 Å². The molecule has 1 saturated heterocycles. The van der Waals surface area contributed by atoms with Gasteiger partial charge in [-0.25, -0.2) is 4.79 Å². The highest BCUT2D eigenvalue weighted by Crippen LogP contribution is 2.39. The van der Waals surface area contributed by atoms with Gasteiger partial charge in [0.1, 0.15) is 5.75 Å². The summed E-state index contributed by atoms with van der Waals surface area (Å²) in [7, 11) is 1.70. The number of esters is 1. The van der Waals surface area contributed by atoms with Gasteiger partial charge < -0.3 is 25.2 Å². The number of amides is 1. The monoisotopic (exact) mass is 472 g/mol. The van der Waals surface area contributed by atoms with Gasteiger partial charge in [-0.3, -0.25) is 4.79 Å². The van der Waals surface area contributed by atoms with E-state index < -0.39 is 30.8 Å². The molecular weight excluding hydrogens is 452 g/mol. The van der Waals surface area contributed by atoms with Crippen molar-refractivity contribution in [3.05, 3.63) is 27.7 Å². The predicted octanol–water partition coefficient (Wildman–Crippen LogP) is 2.66. The van der Waals surface area contributed by atoms with E-state index in [1.54, 1.807) is 13.1 Å². The molecule has 1 heterocycles. The molecule has 0 aliphatic carbocycles. The molecule has 1 aliphatic rings. The Balaban J connectivity index is 2.04. The van der Waals surface area contributed by atoms with Crippen molar-refractivity contribution in [2.75, 3.05) is 26.7 Å². The van der Waals surface area contributed by atoms with Gasteiger partial charge >= 0.3 is 12.1 Å². The zero-order valence-corrected chi connectivity index (χ0v) is 17.4. The second-order valence-electron chi connectivity index (χ2n) is 6.83. The first-order valence-electron chi connectivity index (χ1n) is 9.02. The summed E-state index contributed by atoms with van der Waals surface area (Å²) >= 11 is 11.9. The van der Waals surface area contributed by atoms with Gasteiger partial charge in [0, 0.05) is 30.8 Å². The van der Waals surface area contributed by atoms with Gasteiger partial charge in [0.05, 0.1) is 16.7 Å². The fourth-order valence-corrected chi connectivity index (χ4v) is 3.79. The molecule has 0 radical (unpaired) electrons. The first kappa shape index (κ1) is 24.5. The summed E-state index contributed by atoms with van der Waals surface area (Å²) in [4.78, 5) is 24.6. The first-order valence-corrected chi connectivity index (χ1v) is 9.77. The van der Waals surface area contributed by atoms with Crippen molar-refractivity contribution >= 4 is 35.1 Å². The van der Waals surface area contributed by atoms with Gasteiger partial charge in [0.15, 0.2) is 0 Å². The molecule has 0 aromatic heterocycles. The minimum atomic E-state index is -5.26. The average Bonchev–Trinajstić information content (AvgIpc) is 2.69. The number of hydrogen-bond donors (Lipinski definition) is 3. The van der Waals surface area contributed by atoms with Crippen LogP contribution >= 0.6 is 23.2 Å². The number of aromatic hydroxyl groups is 1. The molecule has 1 fully saturated rings. The minimum absolute atomic E-state index is 0.0347. The van der Waals surface area contributed by atoms with Crippen LogP contribution in [0.3, 0.4) is 0 Å². The van der Waals surface area contributed by atoms with E-state index in [4.69, 9.17) is 23.2 Å². The van der Waals surface area contributed by atoms with Crippen molar-refractivity contribution in [3.8, 4) is 5.75 Å². The fraction of sp³-hybridized carbons (Fsp3) is 0.556. The molecule has 1 amide bonds. The van der Waals surface area contributed by atoms with E-state index in [0.717, 1.165) is 0 Å². The molecule has 0 saturated carbocycles. The van der Waals surface area contributed by atoms with Crippen LogP contribution in [0, 0.1) is 5.92 Å². The molecule has 3 N–H and O–H groups in total. The van der Waals surface area contributed by atoms with Crippen LogP contribution in [0.1, 0.15) is 24.4 Å². The Bertz CT molecular complexity index is 786. The number of ether oxygens (including phenoxy) is 1. The second kappa shape index (κ2) is 10.0. The van der Waals surface area contributed by atoms with Gasteiger partial charge in [-0.2, -0.15) is 13.2 Å². The summed E-state index contributed by atoms with van der Waals surface area (Å²) in [5.74, 6) is -3.50. The number of rotatable bonds is 6. The molecule has 2 rings (SSSR count). The number of halogens is 5. The topological polar surface area (TPSA) is 99.1 Å². The number of alkyl halides is 3. The smallest absolute Gasteiger partial charge is 0.490 e. The second-order valence-corrected chi connectivity index (χ2v) is 7.64. The Morgan fingerprint density at radius 1 is 1.27 bits per heavy atom. The van der Waals surface area contributed by atoms with E-state index in [9.17, 15) is 33.0 Å². The number of aliphatic hydroxyl groups excluding tert-OH is 1. The van der Waals surface area contributed by atoms with Crippen molar-refractivity contribution in [1.29, 1.82) is 0 Å². The Morgan fingerprint density at radius 2 is 1.83 bits per heavy atom. The van der Waals surface area contributed by atoms with Crippen LogP contribution in [-0.4, -0.2) is 66.0 Å². The molecular formula is C18H21Cl2F3N2O5. The van der Waals surface area contributed by atoms with E-state index >= 15 is 0 Å². The van der Waals surface area contributed by atoms with E-state index in [1.807, 2.05) is 0 Å². The van der Waals surface area contributed by atoms with Crippen molar-refractivity contribution < 1.29 is 37.7 Å². The van der Waals surface area contributed by atoms with E-state index in [0.29, 0.717) is 18.4 Å². The Kier molecular flexibility index (Phi) is 8.20. The third-order valence-electron chi connectivity index (χ3n) is 4.96. The average molecular weight is 473 g/mol. The quantitative estimate of drug-likeness (QED) is 0.550. The zero-order valence-electron chi connectivity index (χ0n) is 15.9. The van der Waals surface area contributed by atoms with Gasteiger partial charge in [0.2, 0.25) is 6.10 Å². The lowest BCUT2D eigenvalue weighted by Gasteiger charge is -2.37. The number of carbonyl (C=O) groups is 2. The highest BCUT2D eigenvalue weighted by molar-refractivity contribution is 6.42. The third kappa shape index (κ3) is 5.69. The molecule has 1 aliphatic heterocycles. The number of hydrogen-bond acceptors (Lipinski definition) is 6. The highest BCUT2D eigenvalue weighted by Gasteiger charge is 2.44. The van der Waals surface area contributed by atoms with Crippen molar-refractivity contribution in [2.45, 2.75) is 31.2 Å². The van der Waals surface area contributed by atoms with Crippen molar-refractivity contribution in [2.24, 2.45) is 5.92 Å². The Labute approximate surface area is 180 Å². The summed E-state index contributed by atoms with van der Waals surface area (Å²) in [6.07, 6.45) is -6.29. The van der Waals surface area contributed by atoms with Crippen LogP contribution in [-0.2, 0) is 14.3 Å². The van der Waals surface area contributed by atoms with Gasteiger partial charge in [-0.15, -0.1) is 0 Å². The van der Waals surface area contributed by atoms with Crippen LogP contribution in [0.15, 0.2) is 12.1 Å². The first-order chi connectivity index (χ1) is 14.0. The standard InChI is InChI=1S/C18H21Cl2F3N2O5/c1-24-15(10-6-11(19)12(20)7-13(10)27)9-2-4-25(5-3-9)16(28)14(8-26)30-17(29)18(21,22)23/h6-7,9,14-15,24,26-27H,2-5,8H2,1H3. The van der Waals surface area contributed by atoms with Crippen LogP contribution in [0.25, 0.3) is 0 Å². The van der Waals surface area contributed by atoms with Crippen LogP contribution in [0.5, 0.6) is 5.75 Å². The van der Waals surface area contributed by atoms with Crippen molar-refractivity contribution in [1.82, 2.24) is 10.2 Å². The number of phenols is 1. The lowest BCUT2D eigenvalue weighted by molar-refractivity contribution is -0.208. The van der Waals surface area contributed by atoms with Gasteiger partial charge in [-0.1, -0.05) is 23.2 Å². The molecule has 1 aromatic rings. The van der Waals surface area contributed by atoms with E-state index in [-0.39, 0.29) is 40.8 Å². The highest BCUT2D eigenvalue weighted by atomic mass is 35.5. The molecule has 30 heavy (non-hydrogen) atoms. The molecule has 168 valence electrons. The summed E-state index contributed by atoms with van der Waals surface area (Å²) in [5, 5.41) is 23.0. The largest absolute Gasteiger partial charge is 0.508 e. The summed E-state index contributed by atoms with van der Waals surface area (Å²) in [5.41, 5.74) is 0.531. The summed E-state index contributed by atoms with van der Waals surface area (Å²) < 4.78 is 41.2. The minimum Gasteiger partial charge on any atom is -0.508 e. The zero-order chi connectivity index (χ0) is 22.6. The maximum Gasteiger partial charge on any atom is 0.490 e. The molecule has 7 nitrogen and oxygen atoms in total. The predicted molar refractivity (Wildman–Crippen MR) is 102 cm³/mol. The molecule has 12 heteroatoms. The maximum atomic E-state index is 12.4. The molecule has 2 atom stereocenters. The number of likely N-dealkylation sites (tertiary alicyclic amines) is 1. The normalized spacial score (nSPS) is 17.5. The lowest BCUT2D eigenvalue weighted by atomic mass is 9.85. The Hall–Kier alpha value is -1.75. The van der Waals surface area contributed by atoms with Crippen LogP contribution in [0.4, 0.5) is 13.2 Å². The SMILES string of the molecule is CNC(c1cc(Cl)c(Cl)cc1O)C1CCN(C(=O)C(CO)OC(=O)C(F)(F)F)CC1. The van der Waals surface area contributed by atoms with Crippen LogP contribution < -0.4 is 5.32 Å². The molecule has 0 spiro atoms. The summed E-state index contributed by atoms with van der Waals surface area (Å²) in [6, 6.07) is 2.58. The molecule has 1 aromatic carbocycles. The van der Waals surface area contributed by atoms with Crippen molar-refractivity contribution in [3.63, 3.8) is 0 Å². The number of nitrogens with zero attached hydrogens (tertiary/aromatic N) is 1. The third-order valence-corrected chi connectivity index (χ3v) is 5.68. The lowest BCUT2D eigenvalue weighted by Crippen LogP contribution is -2.48. The molecule has 0 bridgehead atoms. The van der Waals surface area contributed by atoms with E-state index in [1.165, 1.54) is 11.0 Å². The maximum absolute atomic E-state index is 12.4.